The van der Waals surface area contributed by atoms with E-state index in [4.69, 9.17) is 4.74 Å². The lowest BCUT2D eigenvalue weighted by molar-refractivity contribution is -0.123. The molecule has 0 saturated heterocycles. The maximum atomic E-state index is 11.8. The van der Waals surface area contributed by atoms with Gasteiger partial charge in [0.1, 0.15) is 5.75 Å². The number of nitrogens with one attached hydrogen (secondary N) is 1. The van der Waals surface area contributed by atoms with Crippen LogP contribution in [0, 0.1) is 12.8 Å². The van der Waals surface area contributed by atoms with Crippen molar-refractivity contribution in [2.24, 2.45) is 11.0 Å². The van der Waals surface area contributed by atoms with Crippen LogP contribution in [0.1, 0.15) is 51.0 Å². The molecule has 4 nitrogen and oxygen atoms in total. The minimum absolute atomic E-state index is 0.00130. The molecule has 0 atom stereocenters. The van der Waals surface area contributed by atoms with Gasteiger partial charge in [-0.25, -0.2) is 5.43 Å². The first-order chi connectivity index (χ1) is 10.7. The lowest BCUT2D eigenvalue weighted by Gasteiger charge is -2.22. The maximum absolute atomic E-state index is 11.8. The highest BCUT2D eigenvalue weighted by Gasteiger charge is 2.17. The van der Waals surface area contributed by atoms with Crippen LogP contribution in [0.25, 0.3) is 0 Å². The van der Waals surface area contributed by atoms with E-state index in [9.17, 15) is 4.79 Å². The molecule has 0 aliphatic heterocycles. The third-order valence-electron chi connectivity index (χ3n) is 4.08. The molecule has 1 saturated carbocycles. The van der Waals surface area contributed by atoms with Crippen LogP contribution in [-0.2, 0) is 4.79 Å². The summed E-state index contributed by atoms with van der Waals surface area (Å²) in [5.74, 6) is 1.34. The Hall–Kier alpha value is -1.84. The summed E-state index contributed by atoms with van der Waals surface area (Å²) >= 11 is 0. The molecule has 1 aromatic rings. The number of rotatable bonds is 6. The number of carbonyl (C=O) groups excluding carboxylic acids is 1. The van der Waals surface area contributed by atoms with Crippen LogP contribution in [-0.4, -0.2) is 18.2 Å². The van der Waals surface area contributed by atoms with Gasteiger partial charge in [-0.1, -0.05) is 31.9 Å². The van der Waals surface area contributed by atoms with Gasteiger partial charge in [0.15, 0.2) is 6.61 Å². The molecule has 1 fully saturated rings. The fourth-order valence-electron chi connectivity index (χ4n) is 2.85. The summed E-state index contributed by atoms with van der Waals surface area (Å²) < 4.78 is 5.46. The Balaban J connectivity index is 1.70. The van der Waals surface area contributed by atoms with Gasteiger partial charge in [-0.2, -0.15) is 5.10 Å². The third-order valence-corrected chi connectivity index (χ3v) is 4.08. The fourth-order valence-corrected chi connectivity index (χ4v) is 2.85. The van der Waals surface area contributed by atoms with Gasteiger partial charge in [0.2, 0.25) is 0 Å². The van der Waals surface area contributed by atoms with Crippen LogP contribution in [0.4, 0.5) is 0 Å². The Kier molecular flexibility index (Phi) is 6.44. The zero-order valence-electron chi connectivity index (χ0n) is 13.6. The predicted octanol–water partition coefficient (Wildman–Crippen LogP) is 3.84. The number of carbonyl (C=O) groups is 1. The van der Waals surface area contributed by atoms with E-state index in [1.165, 1.54) is 25.7 Å². The minimum atomic E-state index is -0.204. The van der Waals surface area contributed by atoms with Gasteiger partial charge in [-0.3, -0.25) is 4.79 Å². The first kappa shape index (κ1) is 16.5. The van der Waals surface area contributed by atoms with E-state index in [0.29, 0.717) is 5.75 Å². The van der Waals surface area contributed by atoms with Crippen LogP contribution in [0.2, 0.25) is 0 Å². The molecule has 0 bridgehead atoms. The van der Waals surface area contributed by atoms with E-state index in [0.717, 1.165) is 30.0 Å². The monoisotopic (exact) mass is 302 g/mol. The van der Waals surface area contributed by atoms with Gasteiger partial charge in [0.05, 0.1) is 0 Å². The number of amides is 1. The standard InChI is InChI=1S/C18H26N2O2/c1-3-5-15-8-10-16(11-9-15)19-20-18(21)13-22-17-7-4-6-14(2)12-17/h4,6-7,12,15H,3,5,8-11,13H2,1-2H3,(H,20,21). The number of nitrogens with zero attached hydrogens (tertiary/aromatic N) is 1. The molecule has 0 spiro atoms. The Morgan fingerprint density at radius 3 is 2.82 bits per heavy atom. The summed E-state index contributed by atoms with van der Waals surface area (Å²) in [6.07, 6.45) is 6.96. The first-order valence-corrected chi connectivity index (χ1v) is 8.21. The third kappa shape index (κ3) is 5.51. The summed E-state index contributed by atoms with van der Waals surface area (Å²) in [6, 6.07) is 7.67. The molecule has 0 radical (unpaired) electrons. The molecule has 1 aliphatic carbocycles. The molecule has 1 aromatic carbocycles. The van der Waals surface area contributed by atoms with Crippen LogP contribution < -0.4 is 10.2 Å². The van der Waals surface area contributed by atoms with Gasteiger partial charge in [-0.15, -0.1) is 0 Å². The van der Waals surface area contributed by atoms with Gasteiger partial charge in [0.25, 0.3) is 5.91 Å². The number of aryl methyl sites for hydroxylation is 1. The summed E-state index contributed by atoms with van der Waals surface area (Å²) in [5.41, 5.74) is 4.83. The molecule has 1 aliphatic rings. The average Bonchev–Trinajstić information content (AvgIpc) is 2.53. The van der Waals surface area contributed by atoms with Crippen molar-refractivity contribution in [2.45, 2.75) is 52.4 Å². The van der Waals surface area contributed by atoms with Crippen molar-refractivity contribution in [3.63, 3.8) is 0 Å². The SMILES string of the molecule is CCCC1CCC(=NNC(=O)COc2cccc(C)c2)CC1. The summed E-state index contributed by atoms with van der Waals surface area (Å²) in [6.45, 7) is 4.23. The van der Waals surface area contributed by atoms with Crippen molar-refractivity contribution in [3.8, 4) is 5.75 Å². The Labute approximate surface area is 132 Å². The van der Waals surface area contributed by atoms with Crippen LogP contribution in [0.3, 0.4) is 0 Å². The van der Waals surface area contributed by atoms with Gasteiger partial charge in [0, 0.05) is 5.71 Å². The van der Waals surface area contributed by atoms with E-state index in [1.807, 2.05) is 31.2 Å². The van der Waals surface area contributed by atoms with Gasteiger partial charge >= 0.3 is 0 Å². The smallest absolute Gasteiger partial charge is 0.277 e. The molecule has 0 unspecified atom stereocenters. The first-order valence-electron chi connectivity index (χ1n) is 8.21. The second kappa shape index (κ2) is 8.57. The second-order valence-electron chi connectivity index (χ2n) is 6.05. The molecule has 1 amide bonds. The topological polar surface area (TPSA) is 50.7 Å². The highest BCUT2D eigenvalue weighted by molar-refractivity contribution is 5.87. The fraction of sp³-hybridized carbons (Fsp3) is 0.556. The van der Waals surface area contributed by atoms with Crippen LogP contribution in [0.5, 0.6) is 5.75 Å². The lowest BCUT2D eigenvalue weighted by Crippen LogP contribution is -2.26. The summed E-state index contributed by atoms with van der Waals surface area (Å²) in [5, 5.41) is 4.24. The average molecular weight is 302 g/mol. The molecule has 4 heteroatoms. The van der Waals surface area contributed by atoms with E-state index in [1.54, 1.807) is 0 Å². The highest BCUT2D eigenvalue weighted by Crippen LogP contribution is 2.25. The minimum Gasteiger partial charge on any atom is -0.484 e. The van der Waals surface area contributed by atoms with Crippen LogP contribution in [0.15, 0.2) is 29.4 Å². The second-order valence-corrected chi connectivity index (χ2v) is 6.05. The molecule has 0 aromatic heterocycles. The number of hydrogen-bond donors (Lipinski definition) is 1. The number of benzene rings is 1. The molecule has 22 heavy (non-hydrogen) atoms. The molecular formula is C18H26N2O2. The number of hydrazone groups is 1. The van der Waals surface area contributed by atoms with Gasteiger partial charge < -0.3 is 4.74 Å². The number of ether oxygens (including phenoxy) is 1. The highest BCUT2D eigenvalue weighted by atomic mass is 16.5. The van der Waals surface area contributed by atoms with E-state index >= 15 is 0 Å². The quantitative estimate of drug-likeness (QED) is 0.812. The Morgan fingerprint density at radius 2 is 2.14 bits per heavy atom. The summed E-state index contributed by atoms with van der Waals surface area (Å²) in [7, 11) is 0. The molecule has 1 N–H and O–H groups in total. The normalized spacial score (nSPS) is 17.9. The van der Waals surface area contributed by atoms with Crippen molar-refractivity contribution < 1.29 is 9.53 Å². The Bertz CT molecular complexity index is 516. The van der Waals surface area contributed by atoms with Crippen molar-refractivity contribution in [3.05, 3.63) is 29.8 Å². The molecule has 120 valence electrons. The van der Waals surface area contributed by atoms with E-state index in [2.05, 4.69) is 17.5 Å². The predicted molar refractivity (Wildman–Crippen MR) is 89.1 cm³/mol. The summed E-state index contributed by atoms with van der Waals surface area (Å²) in [4.78, 5) is 11.8. The maximum Gasteiger partial charge on any atom is 0.277 e. The van der Waals surface area contributed by atoms with Crippen LogP contribution >= 0.6 is 0 Å². The zero-order chi connectivity index (χ0) is 15.8. The van der Waals surface area contributed by atoms with E-state index in [-0.39, 0.29) is 12.5 Å². The lowest BCUT2D eigenvalue weighted by atomic mass is 9.85. The van der Waals surface area contributed by atoms with Crippen molar-refractivity contribution >= 4 is 11.6 Å². The zero-order valence-corrected chi connectivity index (χ0v) is 13.6. The van der Waals surface area contributed by atoms with E-state index < -0.39 is 0 Å². The molecule has 2 rings (SSSR count). The molecular weight excluding hydrogens is 276 g/mol. The van der Waals surface area contributed by atoms with Crippen molar-refractivity contribution in [1.29, 1.82) is 0 Å². The van der Waals surface area contributed by atoms with Gasteiger partial charge in [-0.05, 0) is 56.2 Å². The molecule has 0 heterocycles. The largest absolute Gasteiger partial charge is 0.484 e. The number of hydrogen-bond acceptors (Lipinski definition) is 3. The van der Waals surface area contributed by atoms with Crippen molar-refractivity contribution in [1.82, 2.24) is 5.43 Å². The Morgan fingerprint density at radius 1 is 1.36 bits per heavy atom. The van der Waals surface area contributed by atoms with Crippen molar-refractivity contribution in [2.75, 3.05) is 6.61 Å².